The summed E-state index contributed by atoms with van der Waals surface area (Å²) in [5.41, 5.74) is 1.66. The minimum Gasteiger partial charge on any atom is -0.361 e. The Bertz CT molecular complexity index is 900. The van der Waals surface area contributed by atoms with Crippen molar-refractivity contribution in [3.63, 3.8) is 0 Å². The van der Waals surface area contributed by atoms with Gasteiger partial charge in [0.05, 0.1) is 11.4 Å². The highest BCUT2D eigenvalue weighted by Gasteiger charge is 2.13. The lowest BCUT2D eigenvalue weighted by Gasteiger charge is -2.02. The maximum Gasteiger partial charge on any atom is 0.248 e. The second-order valence-electron chi connectivity index (χ2n) is 5.14. The number of aromatic nitrogens is 4. The molecule has 0 radical (unpaired) electrons. The van der Waals surface area contributed by atoms with Gasteiger partial charge in [-0.15, -0.1) is 5.10 Å². The van der Waals surface area contributed by atoms with Crippen LogP contribution in [0.25, 0.3) is 10.9 Å². The van der Waals surface area contributed by atoms with Gasteiger partial charge in [-0.05, 0) is 17.7 Å². The first kappa shape index (κ1) is 16.0. The van der Waals surface area contributed by atoms with Crippen LogP contribution in [-0.4, -0.2) is 38.6 Å². The Hall–Kier alpha value is -2.87. The third-order valence-corrected chi connectivity index (χ3v) is 3.77. The van der Waals surface area contributed by atoms with Gasteiger partial charge in [-0.25, -0.2) is 9.67 Å². The van der Waals surface area contributed by atoms with Crippen LogP contribution >= 0.6 is 11.6 Å². The Balaban J connectivity index is 1.68. The lowest BCUT2D eigenvalue weighted by atomic mass is 10.1. The first-order valence-corrected chi connectivity index (χ1v) is 7.59. The third-order valence-electron chi connectivity index (χ3n) is 3.46. The average Bonchev–Trinajstić information content (AvgIpc) is 3.15. The molecule has 2 heterocycles. The number of hydrogen-bond donors (Lipinski definition) is 3. The Morgan fingerprint density at radius 1 is 1.33 bits per heavy atom. The van der Waals surface area contributed by atoms with Crippen molar-refractivity contribution < 1.29 is 9.59 Å². The lowest BCUT2D eigenvalue weighted by Crippen LogP contribution is -2.23. The van der Waals surface area contributed by atoms with E-state index in [1.165, 1.54) is 18.1 Å². The highest BCUT2D eigenvalue weighted by molar-refractivity contribution is 6.35. The van der Waals surface area contributed by atoms with Gasteiger partial charge < -0.3 is 10.3 Å². The predicted molar refractivity (Wildman–Crippen MR) is 89.7 cm³/mol. The molecule has 24 heavy (non-hydrogen) atoms. The highest BCUT2D eigenvalue weighted by Crippen LogP contribution is 2.26. The number of hydrogen-bond acceptors (Lipinski definition) is 4. The molecule has 0 saturated heterocycles. The fourth-order valence-corrected chi connectivity index (χ4v) is 2.64. The second-order valence-corrected chi connectivity index (χ2v) is 5.55. The van der Waals surface area contributed by atoms with Gasteiger partial charge in [-0.2, -0.15) is 0 Å². The zero-order chi connectivity index (χ0) is 17.1. The summed E-state index contributed by atoms with van der Waals surface area (Å²) in [6.07, 6.45) is 3.27. The molecule has 9 heteroatoms. The number of aromatic amines is 1. The standard InChI is InChI=1S/C15H15ClN6O2/c1-17-13(24)7-22-8-19-15(21-22)20-12(23)5-9-6-18-11-4-2-3-10(16)14(9)11/h2-4,6,8,18H,5,7H2,1H3,(H,17,24)(H,20,21,23). The van der Waals surface area contributed by atoms with Crippen LogP contribution in [0.4, 0.5) is 5.95 Å². The minimum atomic E-state index is -0.270. The summed E-state index contributed by atoms with van der Waals surface area (Å²) in [4.78, 5) is 30.5. The first-order chi connectivity index (χ1) is 11.6. The second kappa shape index (κ2) is 6.71. The summed E-state index contributed by atoms with van der Waals surface area (Å²) in [6.45, 7) is 0.0391. The van der Waals surface area contributed by atoms with E-state index in [0.717, 1.165) is 16.5 Å². The zero-order valence-corrected chi connectivity index (χ0v) is 13.6. The Labute approximate surface area is 142 Å². The van der Waals surface area contributed by atoms with Crippen molar-refractivity contribution in [3.8, 4) is 0 Å². The van der Waals surface area contributed by atoms with E-state index >= 15 is 0 Å². The smallest absolute Gasteiger partial charge is 0.248 e. The molecular weight excluding hydrogens is 332 g/mol. The van der Waals surface area contributed by atoms with Gasteiger partial charge >= 0.3 is 0 Å². The third kappa shape index (κ3) is 3.38. The summed E-state index contributed by atoms with van der Waals surface area (Å²) >= 11 is 6.20. The molecule has 8 nitrogen and oxygen atoms in total. The van der Waals surface area contributed by atoms with Gasteiger partial charge in [-0.3, -0.25) is 14.9 Å². The molecule has 0 spiro atoms. The van der Waals surface area contributed by atoms with Crippen LogP contribution in [0.3, 0.4) is 0 Å². The molecule has 0 aliphatic carbocycles. The van der Waals surface area contributed by atoms with Crippen molar-refractivity contribution in [1.82, 2.24) is 25.1 Å². The average molecular weight is 347 g/mol. The van der Waals surface area contributed by atoms with Gasteiger partial charge in [0.15, 0.2) is 0 Å². The van der Waals surface area contributed by atoms with Crippen LogP contribution in [0.2, 0.25) is 5.02 Å². The fourth-order valence-electron chi connectivity index (χ4n) is 2.34. The van der Waals surface area contributed by atoms with Crippen molar-refractivity contribution in [2.75, 3.05) is 12.4 Å². The molecular formula is C15H15ClN6O2. The summed E-state index contributed by atoms with van der Waals surface area (Å²) in [7, 11) is 1.54. The Kier molecular flexibility index (Phi) is 4.48. The Morgan fingerprint density at radius 2 is 2.17 bits per heavy atom. The SMILES string of the molecule is CNC(=O)Cn1cnc(NC(=O)Cc2c[nH]c3cccc(Cl)c23)n1. The quantitative estimate of drug-likeness (QED) is 0.648. The number of carbonyl (C=O) groups is 2. The number of nitrogens with one attached hydrogen (secondary N) is 3. The van der Waals surface area contributed by atoms with E-state index in [1.54, 1.807) is 12.3 Å². The van der Waals surface area contributed by atoms with E-state index in [1.807, 2.05) is 12.1 Å². The van der Waals surface area contributed by atoms with Gasteiger partial charge in [-0.1, -0.05) is 17.7 Å². The number of nitrogens with zero attached hydrogens (tertiary/aromatic N) is 3. The molecule has 0 fully saturated rings. The van der Waals surface area contributed by atoms with Gasteiger partial charge in [0.25, 0.3) is 0 Å². The van der Waals surface area contributed by atoms with E-state index in [9.17, 15) is 9.59 Å². The van der Waals surface area contributed by atoms with Crippen molar-refractivity contribution >= 4 is 40.3 Å². The monoisotopic (exact) mass is 346 g/mol. The van der Waals surface area contributed by atoms with Crippen LogP contribution in [0.5, 0.6) is 0 Å². The molecule has 3 rings (SSSR count). The van der Waals surface area contributed by atoms with E-state index in [4.69, 9.17) is 11.6 Å². The number of H-pyrrole nitrogens is 1. The first-order valence-electron chi connectivity index (χ1n) is 7.21. The number of fused-ring (bicyclic) bond motifs is 1. The predicted octanol–water partition coefficient (Wildman–Crippen LogP) is 1.34. The van der Waals surface area contributed by atoms with E-state index in [-0.39, 0.29) is 30.7 Å². The molecule has 2 amide bonds. The van der Waals surface area contributed by atoms with Crippen molar-refractivity contribution in [2.45, 2.75) is 13.0 Å². The molecule has 3 N–H and O–H groups in total. The molecule has 124 valence electrons. The summed E-state index contributed by atoms with van der Waals surface area (Å²) in [6, 6.07) is 5.51. The van der Waals surface area contributed by atoms with Crippen molar-refractivity contribution in [2.24, 2.45) is 0 Å². The number of benzene rings is 1. The number of carbonyl (C=O) groups excluding carboxylic acids is 2. The fraction of sp³-hybridized carbons (Fsp3) is 0.200. The molecule has 0 saturated carbocycles. The van der Waals surface area contributed by atoms with Gasteiger partial charge in [0.2, 0.25) is 17.8 Å². The van der Waals surface area contributed by atoms with E-state index in [0.29, 0.717) is 5.02 Å². The lowest BCUT2D eigenvalue weighted by molar-refractivity contribution is -0.121. The summed E-state index contributed by atoms with van der Waals surface area (Å²) in [5, 5.41) is 10.5. The number of anilines is 1. The topological polar surface area (TPSA) is 105 Å². The normalized spacial score (nSPS) is 10.8. The largest absolute Gasteiger partial charge is 0.361 e. The number of halogens is 1. The zero-order valence-electron chi connectivity index (χ0n) is 12.8. The van der Waals surface area contributed by atoms with Crippen LogP contribution in [-0.2, 0) is 22.6 Å². The van der Waals surface area contributed by atoms with Crippen LogP contribution in [0, 0.1) is 0 Å². The van der Waals surface area contributed by atoms with Gasteiger partial charge in [0, 0.05) is 24.1 Å². The molecule has 0 aliphatic rings. The highest BCUT2D eigenvalue weighted by atomic mass is 35.5. The molecule has 2 aromatic heterocycles. The molecule has 0 atom stereocenters. The maximum absolute atomic E-state index is 12.2. The number of rotatable bonds is 5. The summed E-state index contributed by atoms with van der Waals surface area (Å²) < 4.78 is 1.34. The Morgan fingerprint density at radius 3 is 2.96 bits per heavy atom. The molecule has 3 aromatic rings. The molecule has 0 unspecified atom stereocenters. The van der Waals surface area contributed by atoms with E-state index in [2.05, 4.69) is 25.7 Å². The van der Waals surface area contributed by atoms with Crippen LogP contribution in [0.15, 0.2) is 30.7 Å². The summed E-state index contributed by atoms with van der Waals surface area (Å²) in [5.74, 6) is -0.324. The molecule has 0 aliphatic heterocycles. The van der Waals surface area contributed by atoms with E-state index < -0.39 is 0 Å². The minimum absolute atomic E-state index is 0.0391. The van der Waals surface area contributed by atoms with Crippen molar-refractivity contribution in [3.05, 3.63) is 41.3 Å². The maximum atomic E-state index is 12.2. The number of amides is 2. The molecule has 0 bridgehead atoms. The van der Waals surface area contributed by atoms with Gasteiger partial charge in [0.1, 0.15) is 12.9 Å². The molecule has 1 aromatic carbocycles. The van der Waals surface area contributed by atoms with Crippen LogP contribution in [0.1, 0.15) is 5.56 Å². The number of likely N-dealkylation sites (N-methyl/N-ethyl adjacent to an activating group) is 1. The van der Waals surface area contributed by atoms with Crippen molar-refractivity contribution in [1.29, 1.82) is 0 Å². The van der Waals surface area contributed by atoms with Crippen LogP contribution < -0.4 is 10.6 Å².